The summed E-state index contributed by atoms with van der Waals surface area (Å²) < 4.78 is 13.8. The van der Waals surface area contributed by atoms with Crippen LogP contribution in [0.15, 0.2) is 24.3 Å². The van der Waals surface area contributed by atoms with Gasteiger partial charge in [0.15, 0.2) is 0 Å². The lowest BCUT2D eigenvalue weighted by atomic mass is 9.95. The van der Waals surface area contributed by atoms with Crippen LogP contribution in [0.1, 0.15) is 26.3 Å². The largest absolute Gasteiger partial charge is 0.478 e. The second-order valence-corrected chi connectivity index (χ2v) is 5.76. The minimum atomic E-state index is -1.09. The third-order valence-electron chi connectivity index (χ3n) is 2.55. The first-order chi connectivity index (χ1) is 8.70. The molecule has 1 rings (SSSR count). The Balaban J connectivity index is 3.13. The van der Waals surface area contributed by atoms with E-state index in [-0.39, 0.29) is 5.41 Å². The molecule has 0 saturated carbocycles. The Morgan fingerprint density at radius 1 is 1.42 bits per heavy atom. The fourth-order valence-corrected chi connectivity index (χ4v) is 1.97. The lowest BCUT2D eigenvalue weighted by Crippen LogP contribution is -2.29. The second kappa shape index (κ2) is 5.87. The molecule has 104 valence electrons. The molecule has 0 atom stereocenters. The maximum atomic E-state index is 13.8. The van der Waals surface area contributed by atoms with Gasteiger partial charge in [-0.05, 0) is 23.6 Å². The van der Waals surface area contributed by atoms with Gasteiger partial charge >= 0.3 is 5.97 Å². The normalized spacial score (nSPS) is 11.8. The molecule has 4 heteroatoms. The zero-order chi connectivity index (χ0) is 14.6. The summed E-state index contributed by atoms with van der Waals surface area (Å²) in [5, 5.41) is 8.66. The number of carboxylic acids is 1. The van der Waals surface area contributed by atoms with Crippen molar-refractivity contribution in [2.45, 2.75) is 20.8 Å². The van der Waals surface area contributed by atoms with Crippen molar-refractivity contribution in [1.82, 2.24) is 0 Å². The molecule has 1 N–H and O–H groups in total. The Labute approximate surface area is 113 Å². The van der Waals surface area contributed by atoms with E-state index in [4.69, 9.17) is 5.11 Å². The Hall–Kier alpha value is -1.84. The molecular formula is C15H20FNO2. The molecule has 0 radical (unpaired) electrons. The average molecular weight is 265 g/mol. The zero-order valence-electron chi connectivity index (χ0n) is 11.8. The zero-order valence-corrected chi connectivity index (χ0v) is 11.8. The molecule has 0 spiro atoms. The molecule has 0 saturated heterocycles. The molecule has 19 heavy (non-hydrogen) atoms. The fourth-order valence-electron chi connectivity index (χ4n) is 1.97. The molecule has 0 aliphatic heterocycles. The molecule has 0 bridgehead atoms. The van der Waals surface area contributed by atoms with Gasteiger partial charge in [0.1, 0.15) is 5.82 Å². The van der Waals surface area contributed by atoms with Crippen molar-refractivity contribution in [3.63, 3.8) is 0 Å². The first-order valence-electron chi connectivity index (χ1n) is 6.11. The van der Waals surface area contributed by atoms with E-state index in [1.807, 2.05) is 11.9 Å². The van der Waals surface area contributed by atoms with E-state index in [0.717, 1.165) is 12.6 Å². The quantitative estimate of drug-likeness (QED) is 0.848. The van der Waals surface area contributed by atoms with Crippen LogP contribution in [-0.4, -0.2) is 24.7 Å². The van der Waals surface area contributed by atoms with Gasteiger partial charge in [-0.2, -0.15) is 0 Å². The third-order valence-corrected chi connectivity index (χ3v) is 2.55. The highest BCUT2D eigenvalue weighted by Crippen LogP contribution is 2.26. The van der Waals surface area contributed by atoms with Crippen LogP contribution in [-0.2, 0) is 4.79 Å². The van der Waals surface area contributed by atoms with E-state index in [1.54, 1.807) is 12.1 Å². The van der Waals surface area contributed by atoms with E-state index in [1.165, 1.54) is 12.1 Å². The molecular weight excluding hydrogens is 245 g/mol. The van der Waals surface area contributed by atoms with Crippen molar-refractivity contribution in [2.75, 3.05) is 18.5 Å². The smallest absolute Gasteiger partial charge is 0.328 e. The number of carboxylic acid groups (broad SMARTS) is 1. The van der Waals surface area contributed by atoms with E-state index < -0.39 is 11.8 Å². The summed E-state index contributed by atoms with van der Waals surface area (Å²) in [6.45, 7) is 7.02. The number of aliphatic carboxylic acids is 1. The number of hydrogen-bond acceptors (Lipinski definition) is 2. The first kappa shape index (κ1) is 15.2. The number of nitrogens with zero attached hydrogens (tertiary/aromatic N) is 1. The van der Waals surface area contributed by atoms with Gasteiger partial charge in [-0.15, -0.1) is 0 Å². The number of rotatable bonds is 4. The van der Waals surface area contributed by atoms with Crippen LogP contribution < -0.4 is 4.90 Å². The van der Waals surface area contributed by atoms with Crippen molar-refractivity contribution in [2.24, 2.45) is 5.41 Å². The molecule has 3 nitrogen and oxygen atoms in total. The predicted molar refractivity (Wildman–Crippen MR) is 75.8 cm³/mol. The summed E-state index contributed by atoms with van der Waals surface area (Å²) in [7, 11) is 1.87. The Morgan fingerprint density at radius 2 is 2.05 bits per heavy atom. The topological polar surface area (TPSA) is 40.5 Å². The van der Waals surface area contributed by atoms with Gasteiger partial charge in [0.2, 0.25) is 0 Å². The number of halogens is 1. The van der Waals surface area contributed by atoms with E-state index in [9.17, 15) is 9.18 Å². The van der Waals surface area contributed by atoms with Crippen molar-refractivity contribution < 1.29 is 14.3 Å². The monoisotopic (exact) mass is 265 g/mol. The van der Waals surface area contributed by atoms with Crippen LogP contribution in [0.4, 0.5) is 10.1 Å². The van der Waals surface area contributed by atoms with Gasteiger partial charge in [-0.1, -0.05) is 26.8 Å². The van der Waals surface area contributed by atoms with Crippen molar-refractivity contribution in [3.8, 4) is 0 Å². The second-order valence-electron chi connectivity index (χ2n) is 5.76. The van der Waals surface area contributed by atoms with Crippen LogP contribution in [0, 0.1) is 11.2 Å². The van der Waals surface area contributed by atoms with Gasteiger partial charge in [0.25, 0.3) is 0 Å². The summed E-state index contributed by atoms with van der Waals surface area (Å²) >= 11 is 0. The summed E-state index contributed by atoms with van der Waals surface area (Å²) in [5.41, 5.74) is 1.05. The molecule has 1 aromatic carbocycles. The molecule has 0 fully saturated rings. The molecule has 0 amide bonds. The maximum Gasteiger partial charge on any atom is 0.328 e. The average Bonchev–Trinajstić information content (AvgIpc) is 2.24. The first-order valence-corrected chi connectivity index (χ1v) is 6.11. The maximum absolute atomic E-state index is 13.8. The predicted octanol–water partition coefficient (Wildman–Crippen LogP) is 3.41. The SMILES string of the molecule is CN(CC(C)(C)C)c1cccc(F)c1/C=C/C(=O)O. The summed E-state index contributed by atoms with van der Waals surface area (Å²) in [6, 6.07) is 4.74. The lowest BCUT2D eigenvalue weighted by molar-refractivity contribution is -0.131. The third kappa shape index (κ3) is 4.73. The molecule has 0 unspecified atom stereocenters. The number of benzene rings is 1. The minimum absolute atomic E-state index is 0.0643. The van der Waals surface area contributed by atoms with E-state index in [0.29, 0.717) is 11.3 Å². The molecule has 0 aliphatic carbocycles. The van der Waals surface area contributed by atoms with Gasteiger partial charge < -0.3 is 10.0 Å². The minimum Gasteiger partial charge on any atom is -0.478 e. The van der Waals surface area contributed by atoms with Crippen LogP contribution in [0.25, 0.3) is 6.08 Å². The summed E-state index contributed by atoms with van der Waals surface area (Å²) in [4.78, 5) is 12.5. The lowest BCUT2D eigenvalue weighted by Gasteiger charge is -2.29. The van der Waals surface area contributed by atoms with Crippen molar-refractivity contribution >= 4 is 17.7 Å². The summed E-state index contributed by atoms with van der Waals surface area (Å²) in [5.74, 6) is -1.51. The van der Waals surface area contributed by atoms with Crippen LogP contribution in [0.3, 0.4) is 0 Å². The Kier molecular flexibility index (Phi) is 4.70. The number of carbonyl (C=O) groups is 1. The van der Waals surface area contributed by atoms with E-state index >= 15 is 0 Å². The van der Waals surface area contributed by atoms with Crippen molar-refractivity contribution in [1.29, 1.82) is 0 Å². The van der Waals surface area contributed by atoms with Crippen LogP contribution >= 0.6 is 0 Å². The van der Waals surface area contributed by atoms with Crippen LogP contribution in [0.5, 0.6) is 0 Å². The van der Waals surface area contributed by atoms with Gasteiger partial charge in [0, 0.05) is 30.9 Å². The highest BCUT2D eigenvalue weighted by Gasteiger charge is 2.16. The van der Waals surface area contributed by atoms with Gasteiger partial charge in [-0.3, -0.25) is 0 Å². The standard InChI is InChI=1S/C15H20FNO2/c1-15(2,3)10-17(4)13-7-5-6-12(16)11(13)8-9-14(18)19/h5-9H,10H2,1-4H3,(H,18,19)/b9-8+. The highest BCUT2D eigenvalue weighted by molar-refractivity contribution is 5.87. The fraction of sp³-hybridized carbons (Fsp3) is 0.400. The van der Waals surface area contributed by atoms with E-state index in [2.05, 4.69) is 20.8 Å². The van der Waals surface area contributed by atoms with Gasteiger partial charge in [0.05, 0.1) is 0 Å². The Morgan fingerprint density at radius 3 is 2.58 bits per heavy atom. The van der Waals surface area contributed by atoms with Crippen LogP contribution in [0.2, 0.25) is 0 Å². The summed E-state index contributed by atoms with van der Waals surface area (Å²) in [6.07, 6.45) is 2.25. The highest BCUT2D eigenvalue weighted by atomic mass is 19.1. The molecule has 1 aromatic rings. The molecule has 0 aliphatic rings. The Bertz CT molecular complexity index is 489. The van der Waals surface area contributed by atoms with Gasteiger partial charge in [-0.25, -0.2) is 9.18 Å². The van der Waals surface area contributed by atoms with Crippen molar-refractivity contribution in [3.05, 3.63) is 35.7 Å². The molecule has 0 aromatic heterocycles. The molecule has 0 heterocycles. The number of hydrogen-bond donors (Lipinski definition) is 1. The number of anilines is 1.